The van der Waals surface area contributed by atoms with Gasteiger partial charge >= 0.3 is 17.9 Å². The standard InChI is InChI=1S/C21H13ClF3N3O5/c22-13-6-8-14(9-7-13)33-18-10-5-12(11-17(18)28(31)32)19(29)27-20(30)26-16-4-2-1-3-15(16)21(23,24)25/h1-11H,(H2,26,27,29,30). The number of imide groups is 1. The number of carbonyl (C=O) groups excluding carboxylic acids is 2. The van der Waals surface area contributed by atoms with Crippen molar-refractivity contribution in [2.24, 2.45) is 0 Å². The zero-order chi connectivity index (χ0) is 24.2. The fraction of sp³-hybridized carbons (Fsp3) is 0.0476. The minimum atomic E-state index is -4.73. The van der Waals surface area contributed by atoms with Crippen LogP contribution in [0.25, 0.3) is 0 Å². The van der Waals surface area contributed by atoms with Crippen molar-refractivity contribution < 1.29 is 32.4 Å². The lowest BCUT2D eigenvalue weighted by atomic mass is 10.1. The molecular formula is C21H13ClF3N3O5. The summed E-state index contributed by atoms with van der Waals surface area (Å²) in [5.74, 6) is -0.997. The smallest absolute Gasteiger partial charge is 0.418 e. The Hall–Kier alpha value is -4.12. The summed E-state index contributed by atoms with van der Waals surface area (Å²) in [6.07, 6.45) is -4.73. The van der Waals surface area contributed by atoms with E-state index in [-0.39, 0.29) is 17.1 Å². The fourth-order valence-corrected chi connectivity index (χ4v) is 2.81. The summed E-state index contributed by atoms with van der Waals surface area (Å²) in [4.78, 5) is 35.0. The van der Waals surface area contributed by atoms with Crippen LogP contribution >= 0.6 is 11.6 Å². The molecule has 0 saturated heterocycles. The summed E-state index contributed by atoms with van der Waals surface area (Å²) in [6, 6.07) is 12.1. The second-order valence-corrected chi connectivity index (χ2v) is 6.88. The van der Waals surface area contributed by atoms with Crippen LogP contribution in [0, 0.1) is 10.1 Å². The van der Waals surface area contributed by atoms with E-state index < -0.39 is 40.0 Å². The molecule has 170 valence electrons. The molecule has 0 aromatic heterocycles. The van der Waals surface area contributed by atoms with Crippen LogP contribution < -0.4 is 15.4 Å². The highest BCUT2D eigenvalue weighted by Crippen LogP contribution is 2.35. The lowest BCUT2D eigenvalue weighted by Crippen LogP contribution is -2.34. The lowest BCUT2D eigenvalue weighted by molar-refractivity contribution is -0.385. The van der Waals surface area contributed by atoms with Gasteiger partial charge < -0.3 is 10.1 Å². The number of carbonyl (C=O) groups is 2. The molecule has 3 rings (SSSR count). The van der Waals surface area contributed by atoms with E-state index in [1.165, 1.54) is 30.3 Å². The van der Waals surface area contributed by atoms with Gasteiger partial charge in [-0.15, -0.1) is 0 Å². The van der Waals surface area contributed by atoms with E-state index >= 15 is 0 Å². The summed E-state index contributed by atoms with van der Waals surface area (Å²) < 4.78 is 44.6. The number of nitro benzene ring substituents is 1. The number of rotatable bonds is 5. The third kappa shape index (κ3) is 5.98. The van der Waals surface area contributed by atoms with Gasteiger partial charge in [-0.1, -0.05) is 23.7 Å². The Labute approximate surface area is 189 Å². The number of nitrogens with zero attached hydrogens (tertiary/aromatic N) is 1. The molecule has 3 aromatic carbocycles. The van der Waals surface area contributed by atoms with E-state index in [2.05, 4.69) is 0 Å². The third-order valence-electron chi connectivity index (χ3n) is 4.17. The SMILES string of the molecule is O=C(NC(=O)c1ccc(Oc2ccc(Cl)cc2)c([N+](=O)[O-])c1)Nc1ccccc1C(F)(F)F. The zero-order valence-electron chi connectivity index (χ0n) is 16.4. The van der Waals surface area contributed by atoms with Crippen LogP contribution in [0.2, 0.25) is 5.02 Å². The number of para-hydroxylation sites is 1. The molecule has 3 amide bonds. The summed E-state index contributed by atoms with van der Waals surface area (Å²) in [5.41, 5.74) is -2.52. The molecule has 0 atom stereocenters. The van der Waals surface area contributed by atoms with Crippen molar-refractivity contribution in [3.63, 3.8) is 0 Å². The van der Waals surface area contributed by atoms with Crippen molar-refractivity contribution in [1.29, 1.82) is 0 Å². The summed E-state index contributed by atoms with van der Waals surface area (Å²) in [6.45, 7) is 0. The van der Waals surface area contributed by atoms with Gasteiger partial charge in [-0.25, -0.2) is 4.79 Å². The topological polar surface area (TPSA) is 111 Å². The average molecular weight is 480 g/mol. The molecule has 0 spiro atoms. The second kappa shape index (κ2) is 9.57. The highest BCUT2D eigenvalue weighted by atomic mass is 35.5. The first-order valence-corrected chi connectivity index (χ1v) is 9.43. The van der Waals surface area contributed by atoms with Crippen molar-refractivity contribution >= 4 is 34.9 Å². The first-order valence-electron chi connectivity index (χ1n) is 9.05. The first kappa shape index (κ1) is 23.5. The number of amides is 3. The Morgan fingerprint density at radius 1 is 1.00 bits per heavy atom. The molecule has 0 aliphatic carbocycles. The number of urea groups is 1. The van der Waals surface area contributed by atoms with E-state index in [0.29, 0.717) is 5.02 Å². The van der Waals surface area contributed by atoms with E-state index in [4.69, 9.17) is 16.3 Å². The molecule has 0 unspecified atom stereocenters. The van der Waals surface area contributed by atoms with Gasteiger partial charge in [0.15, 0.2) is 0 Å². The van der Waals surface area contributed by atoms with Crippen LogP contribution in [0.15, 0.2) is 66.7 Å². The highest BCUT2D eigenvalue weighted by Gasteiger charge is 2.33. The normalized spacial score (nSPS) is 10.9. The van der Waals surface area contributed by atoms with Crippen LogP contribution in [0.4, 0.5) is 29.3 Å². The maximum absolute atomic E-state index is 13.0. The Balaban J connectivity index is 1.76. The number of halogens is 4. The van der Waals surface area contributed by atoms with Gasteiger partial charge in [0, 0.05) is 16.7 Å². The molecule has 0 bridgehead atoms. The van der Waals surface area contributed by atoms with Gasteiger partial charge in [0.25, 0.3) is 5.91 Å². The zero-order valence-corrected chi connectivity index (χ0v) is 17.1. The van der Waals surface area contributed by atoms with Gasteiger partial charge in [0.05, 0.1) is 16.2 Å². The molecule has 0 aliphatic heterocycles. The molecule has 0 fully saturated rings. The van der Waals surface area contributed by atoms with Crippen molar-refractivity contribution in [2.75, 3.05) is 5.32 Å². The van der Waals surface area contributed by atoms with Gasteiger partial charge in [0.1, 0.15) is 5.75 Å². The van der Waals surface area contributed by atoms with E-state index in [1.54, 1.807) is 0 Å². The maximum atomic E-state index is 13.0. The summed E-state index contributed by atoms with van der Waals surface area (Å²) >= 11 is 5.78. The Morgan fingerprint density at radius 2 is 1.67 bits per heavy atom. The van der Waals surface area contributed by atoms with Crippen molar-refractivity contribution in [2.45, 2.75) is 6.18 Å². The van der Waals surface area contributed by atoms with E-state index in [9.17, 15) is 32.9 Å². The van der Waals surface area contributed by atoms with Crippen LogP contribution in [0.5, 0.6) is 11.5 Å². The summed E-state index contributed by atoms with van der Waals surface area (Å²) in [5, 5.41) is 15.6. The molecule has 12 heteroatoms. The van der Waals surface area contributed by atoms with Gasteiger partial charge in [-0.05, 0) is 48.5 Å². The Kier molecular flexibility index (Phi) is 6.83. The van der Waals surface area contributed by atoms with Crippen LogP contribution in [-0.2, 0) is 6.18 Å². The second-order valence-electron chi connectivity index (χ2n) is 6.45. The number of benzene rings is 3. The molecule has 8 nitrogen and oxygen atoms in total. The Bertz CT molecular complexity index is 1220. The largest absolute Gasteiger partial charge is 0.450 e. The number of nitrogens with one attached hydrogen (secondary N) is 2. The summed E-state index contributed by atoms with van der Waals surface area (Å²) in [7, 11) is 0. The van der Waals surface area contributed by atoms with E-state index in [0.717, 1.165) is 36.4 Å². The van der Waals surface area contributed by atoms with Gasteiger partial charge in [0.2, 0.25) is 5.75 Å². The number of nitro groups is 1. The third-order valence-corrected chi connectivity index (χ3v) is 4.42. The minimum absolute atomic E-state index is 0.178. The van der Waals surface area contributed by atoms with Crippen molar-refractivity contribution in [1.82, 2.24) is 5.32 Å². The molecule has 0 aliphatic rings. The Morgan fingerprint density at radius 3 is 2.30 bits per heavy atom. The highest BCUT2D eigenvalue weighted by molar-refractivity contribution is 6.30. The molecule has 0 saturated carbocycles. The number of ether oxygens (including phenoxy) is 1. The van der Waals surface area contributed by atoms with Crippen molar-refractivity contribution in [3.05, 3.63) is 93.0 Å². The maximum Gasteiger partial charge on any atom is 0.418 e. The fourth-order valence-electron chi connectivity index (χ4n) is 2.69. The predicted octanol–water partition coefficient (Wildman–Crippen LogP) is 6.02. The molecule has 2 N–H and O–H groups in total. The van der Waals surface area contributed by atoms with Gasteiger partial charge in [-0.3, -0.25) is 20.2 Å². The van der Waals surface area contributed by atoms with Crippen LogP contribution in [0.3, 0.4) is 0 Å². The molecular weight excluding hydrogens is 467 g/mol. The predicted molar refractivity (Wildman–Crippen MR) is 113 cm³/mol. The number of alkyl halides is 3. The minimum Gasteiger partial charge on any atom is -0.450 e. The number of hydrogen-bond acceptors (Lipinski definition) is 5. The van der Waals surface area contributed by atoms with Crippen LogP contribution in [0.1, 0.15) is 15.9 Å². The monoisotopic (exact) mass is 479 g/mol. The molecule has 0 radical (unpaired) electrons. The van der Waals surface area contributed by atoms with Gasteiger partial charge in [-0.2, -0.15) is 13.2 Å². The molecule has 33 heavy (non-hydrogen) atoms. The lowest BCUT2D eigenvalue weighted by Gasteiger charge is -2.13. The first-order chi connectivity index (χ1) is 15.5. The molecule has 0 heterocycles. The average Bonchev–Trinajstić information content (AvgIpc) is 2.75. The number of hydrogen-bond donors (Lipinski definition) is 2. The van der Waals surface area contributed by atoms with Crippen molar-refractivity contribution in [3.8, 4) is 11.5 Å². The molecule has 3 aromatic rings. The van der Waals surface area contributed by atoms with Crippen LogP contribution in [-0.4, -0.2) is 16.9 Å². The van der Waals surface area contributed by atoms with E-state index in [1.807, 2.05) is 10.6 Å². The quantitative estimate of drug-likeness (QED) is 0.343. The number of anilines is 1.